The fraction of sp³-hybridized carbons (Fsp3) is 0.364. The van der Waals surface area contributed by atoms with Gasteiger partial charge in [0, 0.05) is 6.54 Å². The molecule has 0 fully saturated rings. The second kappa shape index (κ2) is 5.34. The van der Waals surface area contributed by atoms with Gasteiger partial charge in [0.25, 0.3) is 5.91 Å². The normalized spacial score (nSPS) is 11.9. The maximum atomic E-state index is 12.6. The summed E-state index contributed by atoms with van der Waals surface area (Å²) in [5, 5.41) is 2.64. The lowest BCUT2D eigenvalue weighted by atomic mass is 10.3. The number of benzene rings is 1. The Kier molecular flexibility index (Phi) is 4.09. The Morgan fingerprint density at radius 2 is 2.07 bits per heavy atom. The van der Waals surface area contributed by atoms with Crippen LogP contribution in [0.15, 0.2) is 24.3 Å². The molecule has 15 heavy (non-hydrogen) atoms. The van der Waals surface area contributed by atoms with E-state index in [9.17, 15) is 9.18 Å². The Balaban J connectivity index is 2.54. The van der Waals surface area contributed by atoms with Gasteiger partial charge in [-0.15, -0.1) is 0 Å². The Labute approximate surface area is 88.2 Å². The molecule has 0 spiro atoms. The van der Waals surface area contributed by atoms with E-state index >= 15 is 0 Å². The lowest BCUT2D eigenvalue weighted by Crippen LogP contribution is -2.36. The van der Waals surface area contributed by atoms with Crippen molar-refractivity contribution in [1.82, 2.24) is 5.32 Å². The topological polar surface area (TPSA) is 38.3 Å². The van der Waals surface area contributed by atoms with Crippen molar-refractivity contribution in [3.05, 3.63) is 30.1 Å². The van der Waals surface area contributed by atoms with Gasteiger partial charge in [0.15, 0.2) is 6.10 Å². The van der Waals surface area contributed by atoms with E-state index in [1.54, 1.807) is 6.92 Å². The van der Waals surface area contributed by atoms with Crippen molar-refractivity contribution in [3.63, 3.8) is 0 Å². The number of nitrogens with one attached hydrogen (secondary N) is 1. The molecule has 1 atom stereocenters. The number of carbonyl (C=O) groups excluding carboxylic acids is 1. The minimum atomic E-state index is -0.574. The average Bonchev–Trinajstić information content (AvgIpc) is 2.22. The molecule has 0 saturated carbocycles. The first-order valence-electron chi connectivity index (χ1n) is 4.83. The number of carbonyl (C=O) groups is 1. The Morgan fingerprint density at radius 3 is 2.60 bits per heavy atom. The maximum absolute atomic E-state index is 12.6. The molecular weight excluding hydrogens is 197 g/mol. The van der Waals surface area contributed by atoms with Crippen LogP contribution in [0.25, 0.3) is 0 Å². The molecule has 1 aromatic rings. The summed E-state index contributed by atoms with van der Waals surface area (Å²) in [4.78, 5) is 11.3. The highest BCUT2D eigenvalue weighted by atomic mass is 19.1. The van der Waals surface area contributed by atoms with Crippen LogP contribution in [-0.2, 0) is 4.79 Å². The summed E-state index contributed by atoms with van der Waals surface area (Å²) in [6.07, 6.45) is -0.574. The van der Waals surface area contributed by atoms with Crippen LogP contribution in [0.2, 0.25) is 0 Å². The van der Waals surface area contributed by atoms with Crippen LogP contribution in [-0.4, -0.2) is 18.6 Å². The fourth-order valence-electron chi connectivity index (χ4n) is 1.09. The molecule has 4 heteroatoms. The third-order valence-corrected chi connectivity index (χ3v) is 1.85. The third-order valence-electron chi connectivity index (χ3n) is 1.85. The number of rotatable bonds is 4. The van der Waals surface area contributed by atoms with Crippen LogP contribution in [0.1, 0.15) is 13.8 Å². The Bertz CT molecular complexity index is 324. The molecule has 0 bridgehead atoms. The van der Waals surface area contributed by atoms with Crippen LogP contribution >= 0.6 is 0 Å². The molecule has 0 heterocycles. The number of hydrogen-bond donors (Lipinski definition) is 1. The van der Waals surface area contributed by atoms with Gasteiger partial charge in [-0.05, 0) is 38.1 Å². The van der Waals surface area contributed by atoms with Gasteiger partial charge in [-0.1, -0.05) is 0 Å². The second-order valence-electron chi connectivity index (χ2n) is 3.11. The molecule has 1 aromatic carbocycles. The van der Waals surface area contributed by atoms with E-state index in [-0.39, 0.29) is 11.7 Å². The highest BCUT2D eigenvalue weighted by molar-refractivity contribution is 5.80. The zero-order chi connectivity index (χ0) is 11.3. The summed E-state index contributed by atoms with van der Waals surface area (Å²) in [6.45, 7) is 4.05. The monoisotopic (exact) mass is 211 g/mol. The minimum Gasteiger partial charge on any atom is -0.481 e. The molecule has 0 aliphatic carbocycles. The first-order chi connectivity index (χ1) is 7.13. The molecule has 0 radical (unpaired) electrons. The van der Waals surface area contributed by atoms with E-state index in [2.05, 4.69) is 5.32 Å². The number of likely N-dealkylation sites (N-methyl/N-ethyl adjacent to an activating group) is 1. The molecule has 0 aliphatic rings. The van der Waals surface area contributed by atoms with Gasteiger partial charge in [0.1, 0.15) is 11.6 Å². The van der Waals surface area contributed by atoms with Crippen molar-refractivity contribution in [2.45, 2.75) is 20.0 Å². The molecule has 82 valence electrons. The van der Waals surface area contributed by atoms with E-state index in [4.69, 9.17) is 4.74 Å². The number of ether oxygens (including phenoxy) is 1. The van der Waals surface area contributed by atoms with Gasteiger partial charge in [-0.25, -0.2) is 4.39 Å². The zero-order valence-electron chi connectivity index (χ0n) is 8.79. The van der Waals surface area contributed by atoms with E-state index in [0.717, 1.165) is 0 Å². The predicted octanol–water partition coefficient (Wildman–Crippen LogP) is 1.73. The van der Waals surface area contributed by atoms with Gasteiger partial charge >= 0.3 is 0 Å². The number of amides is 1. The zero-order valence-corrected chi connectivity index (χ0v) is 8.79. The van der Waals surface area contributed by atoms with Crippen LogP contribution < -0.4 is 10.1 Å². The van der Waals surface area contributed by atoms with Crippen molar-refractivity contribution in [3.8, 4) is 5.75 Å². The summed E-state index contributed by atoms with van der Waals surface area (Å²) in [5.74, 6) is -0.0232. The first kappa shape index (κ1) is 11.5. The summed E-state index contributed by atoms with van der Waals surface area (Å²) in [6, 6.07) is 5.57. The molecule has 3 nitrogen and oxygen atoms in total. The Hall–Kier alpha value is -1.58. The maximum Gasteiger partial charge on any atom is 0.260 e. The summed E-state index contributed by atoms with van der Waals surface area (Å²) in [7, 11) is 0. The molecular formula is C11H14FNO2. The minimum absolute atomic E-state index is 0.179. The van der Waals surface area contributed by atoms with Gasteiger partial charge in [0.2, 0.25) is 0 Å². The van der Waals surface area contributed by atoms with Crippen molar-refractivity contribution < 1.29 is 13.9 Å². The molecule has 0 saturated heterocycles. The molecule has 0 unspecified atom stereocenters. The Morgan fingerprint density at radius 1 is 1.47 bits per heavy atom. The van der Waals surface area contributed by atoms with Crippen LogP contribution in [0.4, 0.5) is 4.39 Å². The van der Waals surface area contributed by atoms with E-state index < -0.39 is 6.10 Å². The highest BCUT2D eigenvalue weighted by Crippen LogP contribution is 2.12. The second-order valence-corrected chi connectivity index (χ2v) is 3.11. The molecule has 1 N–H and O–H groups in total. The molecule has 0 aliphatic heterocycles. The van der Waals surface area contributed by atoms with E-state index in [1.165, 1.54) is 24.3 Å². The molecule has 1 rings (SSSR count). The summed E-state index contributed by atoms with van der Waals surface area (Å²) >= 11 is 0. The number of hydrogen-bond acceptors (Lipinski definition) is 2. The van der Waals surface area contributed by atoms with Crippen LogP contribution in [0.5, 0.6) is 5.75 Å². The van der Waals surface area contributed by atoms with Gasteiger partial charge in [-0.3, -0.25) is 4.79 Å². The summed E-state index contributed by atoms with van der Waals surface area (Å²) in [5.41, 5.74) is 0. The van der Waals surface area contributed by atoms with E-state index in [0.29, 0.717) is 12.3 Å². The van der Waals surface area contributed by atoms with Gasteiger partial charge < -0.3 is 10.1 Å². The smallest absolute Gasteiger partial charge is 0.260 e. The van der Waals surface area contributed by atoms with E-state index in [1.807, 2.05) is 6.92 Å². The van der Waals surface area contributed by atoms with Crippen LogP contribution in [0.3, 0.4) is 0 Å². The van der Waals surface area contributed by atoms with Gasteiger partial charge in [0.05, 0.1) is 0 Å². The number of halogens is 1. The SMILES string of the molecule is CCNC(=O)[C@@H](C)Oc1ccc(F)cc1. The van der Waals surface area contributed by atoms with Crippen LogP contribution in [0, 0.1) is 5.82 Å². The quantitative estimate of drug-likeness (QED) is 0.823. The summed E-state index contributed by atoms with van der Waals surface area (Å²) < 4.78 is 17.9. The first-order valence-corrected chi connectivity index (χ1v) is 4.83. The fourth-order valence-corrected chi connectivity index (χ4v) is 1.09. The van der Waals surface area contributed by atoms with Crippen molar-refractivity contribution in [1.29, 1.82) is 0 Å². The van der Waals surface area contributed by atoms with Gasteiger partial charge in [-0.2, -0.15) is 0 Å². The largest absolute Gasteiger partial charge is 0.481 e. The highest BCUT2D eigenvalue weighted by Gasteiger charge is 2.12. The lowest BCUT2D eigenvalue weighted by Gasteiger charge is -2.13. The average molecular weight is 211 g/mol. The molecule has 1 amide bonds. The third kappa shape index (κ3) is 3.58. The van der Waals surface area contributed by atoms with Crippen molar-refractivity contribution >= 4 is 5.91 Å². The lowest BCUT2D eigenvalue weighted by molar-refractivity contribution is -0.127. The van der Waals surface area contributed by atoms with Crippen molar-refractivity contribution in [2.75, 3.05) is 6.54 Å². The predicted molar refractivity (Wildman–Crippen MR) is 55.2 cm³/mol. The standard InChI is InChI=1S/C11H14FNO2/c1-3-13-11(14)8(2)15-10-6-4-9(12)5-7-10/h4-8H,3H2,1-2H3,(H,13,14)/t8-/m1/s1. The molecule has 0 aromatic heterocycles. The van der Waals surface area contributed by atoms with Crippen molar-refractivity contribution in [2.24, 2.45) is 0 Å².